The first-order valence-electron chi connectivity index (χ1n) is 5.02. The summed E-state index contributed by atoms with van der Waals surface area (Å²) >= 11 is 0. The van der Waals surface area contributed by atoms with E-state index in [0.29, 0.717) is 6.54 Å². The molecule has 0 saturated carbocycles. The minimum Gasteiger partial charge on any atom is -0.465 e. The fourth-order valence-corrected chi connectivity index (χ4v) is 1.93. The molecule has 2 aliphatic rings. The molecular formula is C10H14NO3. The van der Waals surface area contributed by atoms with Crippen molar-refractivity contribution in [2.75, 3.05) is 19.7 Å². The smallest absolute Gasteiger partial charge is 0.306 e. The molecule has 0 aromatic heterocycles. The summed E-state index contributed by atoms with van der Waals surface area (Å²) in [5.74, 6) is 0.604. The Balaban J connectivity index is 1.90. The summed E-state index contributed by atoms with van der Waals surface area (Å²) < 4.78 is 4.78. The molecule has 0 unspecified atom stereocenters. The number of carbonyl (C=O) groups excluding carboxylic acids is 2. The topological polar surface area (TPSA) is 55.4 Å². The number of Topliss-reactive ketones (excluding diaryl/α,β-unsaturated/α-hetero) is 1. The molecule has 2 aliphatic heterocycles. The van der Waals surface area contributed by atoms with Crippen molar-refractivity contribution < 1.29 is 14.3 Å². The molecule has 2 rings (SSSR count). The molecule has 2 heterocycles. The van der Waals surface area contributed by atoms with Gasteiger partial charge in [0.1, 0.15) is 12.4 Å². The fraction of sp³-hybridized carbons (Fsp3) is 0.700. The quantitative estimate of drug-likeness (QED) is 0.635. The molecule has 4 heteroatoms. The Morgan fingerprint density at radius 3 is 2.93 bits per heavy atom. The van der Waals surface area contributed by atoms with E-state index >= 15 is 0 Å². The average Bonchev–Trinajstić information content (AvgIpc) is 2.65. The molecule has 2 fully saturated rings. The van der Waals surface area contributed by atoms with Crippen LogP contribution in [0.2, 0.25) is 0 Å². The highest BCUT2D eigenvalue weighted by Crippen LogP contribution is 2.23. The van der Waals surface area contributed by atoms with Crippen LogP contribution in [0.4, 0.5) is 0 Å². The van der Waals surface area contributed by atoms with Gasteiger partial charge in [-0.1, -0.05) is 0 Å². The van der Waals surface area contributed by atoms with Gasteiger partial charge in [-0.15, -0.1) is 0 Å². The lowest BCUT2D eigenvalue weighted by Crippen LogP contribution is -2.35. The second-order valence-corrected chi connectivity index (χ2v) is 3.83. The molecule has 4 nitrogen and oxygen atoms in total. The van der Waals surface area contributed by atoms with E-state index in [0.717, 1.165) is 25.3 Å². The summed E-state index contributed by atoms with van der Waals surface area (Å²) in [7, 11) is 0. The van der Waals surface area contributed by atoms with E-state index in [4.69, 9.17) is 4.74 Å². The van der Waals surface area contributed by atoms with Crippen LogP contribution in [0.5, 0.6) is 0 Å². The summed E-state index contributed by atoms with van der Waals surface area (Å²) in [5.41, 5.74) is 0. The maximum atomic E-state index is 11.8. The zero-order valence-electron chi connectivity index (χ0n) is 8.04. The fourth-order valence-electron chi connectivity index (χ4n) is 1.93. The lowest BCUT2D eigenvalue weighted by atomic mass is 9.87. The van der Waals surface area contributed by atoms with E-state index in [-0.39, 0.29) is 30.7 Å². The van der Waals surface area contributed by atoms with Crippen molar-refractivity contribution in [3.05, 3.63) is 5.92 Å². The van der Waals surface area contributed by atoms with Crippen molar-refractivity contribution in [1.29, 1.82) is 0 Å². The molecule has 0 aromatic carbocycles. The molecule has 2 saturated heterocycles. The third-order valence-electron chi connectivity index (χ3n) is 2.75. The average molecular weight is 196 g/mol. The molecule has 0 aliphatic carbocycles. The maximum Gasteiger partial charge on any atom is 0.306 e. The van der Waals surface area contributed by atoms with E-state index in [1.165, 1.54) is 0 Å². The highest BCUT2D eigenvalue weighted by atomic mass is 16.5. The number of nitrogens with one attached hydrogen (secondary N) is 1. The molecule has 0 aromatic rings. The van der Waals surface area contributed by atoms with Gasteiger partial charge >= 0.3 is 5.97 Å². The monoisotopic (exact) mass is 196 g/mol. The van der Waals surface area contributed by atoms with Crippen LogP contribution in [0.15, 0.2) is 0 Å². The number of esters is 1. The zero-order chi connectivity index (χ0) is 9.97. The number of hydrogen-bond acceptors (Lipinski definition) is 4. The molecule has 1 radical (unpaired) electrons. The number of piperidine rings is 1. The molecule has 14 heavy (non-hydrogen) atoms. The Morgan fingerprint density at radius 2 is 2.36 bits per heavy atom. The summed E-state index contributed by atoms with van der Waals surface area (Å²) in [6.45, 7) is 1.95. The van der Waals surface area contributed by atoms with Crippen LogP contribution < -0.4 is 5.32 Å². The Kier molecular flexibility index (Phi) is 2.82. The number of rotatable bonds is 2. The van der Waals surface area contributed by atoms with Crippen molar-refractivity contribution in [2.24, 2.45) is 5.92 Å². The number of ether oxygens (including phenoxy) is 1. The van der Waals surface area contributed by atoms with E-state index in [1.54, 1.807) is 0 Å². The van der Waals surface area contributed by atoms with Crippen molar-refractivity contribution in [3.8, 4) is 0 Å². The Bertz CT molecular complexity index is 246. The second kappa shape index (κ2) is 4.09. The van der Waals surface area contributed by atoms with Crippen molar-refractivity contribution in [2.45, 2.75) is 19.3 Å². The van der Waals surface area contributed by atoms with Crippen LogP contribution in [0.3, 0.4) is 0 Å². The standard InChI is InChI=1S/C10H14NO3/c12-9-4-8(6-14-9)10(13)7-2-1-3-11-5-7/h8,11H,1-6H2/t8-/m0/s1. The molecule has 0 amide bonds. The van der Waals surface area contributed by atoms with Gasteiger partial charge in [-0.3, -0.25) is 9.59 Å². The first kappa shape index (κ1) is 9.65. The number of ketones is 1. The van der Waals surface area contributed by atoms with Crippen molar-refractivity contribution >= 4 is 11.8 Å². The summed E-state index contributed by atoms with van der Waals surface area (Å²) in [6.07, 6.45) is 2.15. The highest BCUT2D eigenvalue weighted by Gasteiger charge is 2.34. The molecule has 0 bridgehead atoms. The third kappa shape index (κ3) is 1.95. The van der Waals surface area contributed by atoms with Gasteiger partial charge in [-0.05, 0) is 19.4 Å². The number of cyclic esters (lactones) is 1. The second-order valence-electron chi connectivity index (χ2n) is 3.83. The maximum absolute atomic E-state index is 11.8. The van der Waals surface area contributed by atoms with Crippen LogP contribution in [0.1, 0.15) is 19.3 Å². The minimum atomic E-state index is -0.243. The Hall–Kier alpha value is -0.900. The minimum absolute atomic E-state index is 0.128. The van der Waals surface area contributed by atoms with Gasteiger partial charge < -0.3 is 10.1 Å². The number of hydrogen-bond donors (Lipinski definition) is 1. The van der Waals surface area contributed by atoms with Crippen LogP contribution in [0.25, 0.3) is 0 Å². The van der Waals surface area contributed by atoms with Gasteiger partial charge in [-0.2, -0.15) is 0 Å². The summed E-state index contributed by atoms with van der Waals surface area (Å²) in [6, 6.07) is 0. The van der Waals surface area contributed by atoms with Gasteiger partial charge in [0.2, 0.25) is 0 Å². The largest absolute Gasteiger partial charge is 0.465 e. The van der Waals surface area contributed by atoms with Crippen molar-refractivity contribution in [1.82, 2.24) is 5.32 Å². The molecular weight excluding hydrogens is 182 g/mol. The Morgan fingerprint density at radius 1 is 1.50 bits per heavy atom. The molecule has 0 spiro atoms. The lowest BCUT2D eigenvalue weighted by molar-refractivity contribution is -0.137. The zero-order valence-corrected chi connectivity index (χ0v) is 8.04. The van der Waals surface area contributed by atoms with E-state index in [9.17, 15) is 9.59 Å². The van der Waals surface area contributed by atoms with E-state index in [2.05, 4.69) is 5.32 Å². The first-order valence-corrected chi connectivity index (χ1v) is 5.02. The van der Waals surface area contributed by atoms with Gasteiger partial charge in [-0.25, -0.2) is 0 Å². The van der Waals surface area contributed by atoms with Crippen LogP contribution >= 0.6 is 0 Å². The van der Waals surface area contributed by atoms with Gasteiger partial charge in [0.05, 0.1) is 18.3 Å². The van der Waals surface area contributed by atoms with E-state index < -0.39 is 0 Å². The van der Waals surface area contributed by atoms with Crippen LogP contribution in [0, 0.1) is 11.8 Å². The SMILES string of the molecule is O=C1C[C@H](C(=O)[C]2CCCNC2)CO1. The van der Waals surface area contributed by atoms with Crippen molar-refractivity contribution in [3.63, 3.8) is 0 Å². The molecule has 1 atom stereocenters. The Labute approximate surface area is 83.0 Å². The molecule has 77 valence electrons. The molecule has 1 N–H and O–H groups in total. The first-order chi connectivity index (χ1) is 6.77. The normalized spacial score (nSPS) is 28.9. The van der Waals surface area contributed by atoms with Crippen LogP contribution in [-0.4, -0.2) is 31.4 Å². The predicted octanol–water partition coefficient (Wildman–Crippen LogP) is 0.0765. The summed E-state index contributed by atoms with van der Waals surface area (Å²) in [5, 5.41) is 3.17. The number of carbonyl (C=O) groups is 2. The van der Waals surface area contributed by atoms with E-state index in [1.807, 2.05) is 0 Å². The van der Waals surface area contributed by atoms with Gasteiger partial charge in [0, 0.05) is 6.54 Å². The lowest BCUT2D eigenvalue weighted by Gasteiger charge is -2.22. The summed E-state index contributed by atoms with van der Waals surface area (Å²) in [4.78, 5) is 22.7. The third-order valence-corrected chi connectivity index (χ3v) is 2.75. The highest BCUT2D eigenvalue weighted by molar-refractivity contribution is 5.97. The van der Waals surface area contributed by atoms with Gasteiger partial charge in [0.15, 0.2) is 0 Å². The van der Waals surface area contributed by atoms with Gasteiger partial charge in [0.25, 0.3) is 0 Å². The predicted molar refractivity (Wildman–Crippen MR) is 49.4 cm³/mol. The van der Waals surface area contributed by atoms with Crippen LogP contribution in [-0.2, 0) is 14.3 Å².